The van der Waals surface area contributed by atoms with Gasteiger partial charge in [-0.1, -0.05) is 67.9 Å². The third kappa shape index (κ3) is 5.26. The highest BCUT2D eigenvalue weighted by atomic mass is 35.5. The van der Waals surface area contributed by atoms with Crippen molar-refractivity contribution in [3.63, 3.8) is 0 Å². The van der Waals surface area contributed by atoms with Gasteiger partial charge in [0, 0.05) is 11.0 Å². The molecule has 0 bridgehead atoms. The normalized spacial score (nSPS) is 12.7. The van der Waals surface area contributed by atoms with Crippen LogP contribution in [0.25, 0.3) is 0 Å². The molecule has 1 aromatic rings. The van der Waals surface area contributed by atoms with Gasteiger partial charge in [-0.05, 0) is 18.1 Å². The Bertz CT molecular complexity index is 424. The van der Waals surface area contributed by atoms with Gasteiger partial charge >= 0.3 is 0 Å². The molecular weight excluding hydrogens is 323 g/mol. The number of halogens is 3. The van der Waals surface area contributed by atoms with Crippen LogP contribution in [0.5, 0.6) is 5.75 Å². The summed E-state index contributed by atoms with van der Waals surface area (Å²) in [5.41, 5.74) is 0. The van der Waals surface area contributed by atoms with Crippen LogP contribution < -0.4 is 0 Å². The van der Waals surface area contributed by atoms with Crippen LogP contribution in [0.15, 0.2) is 11.0 Å². The summed E-state index contributed by atoms with van der Waals surface area (Å²) in [4.78, 5) is 0.758. The van der Waals surface area contributed by atoms with E-state index in [0.717, 1.165) is 17.1 Å². The summed E-state index contributed by atoms with van der Waals surface area (Å²) in [7, 11) is 0. The summed E-state index contributed by atoms with van der Waals surface area (Å²) in [6.45, 7) is 4.47. The molecule has 0 aliphatic carbocycles. The summed E-state index contributed by atoms with van der Waals surface area (Å²) in [5, 5.41) is 10.5. The minimum atomic E-state index is -0.0719. The van der Waals surface area contributed by atoms with Gasteiger partial charge in [-0.25, -0.2) is 0 Å². The van der Waals surface area contributed by atoms with Crippen molar-refractivity contribution in [3.8, 4) is 5.75 Å². The Morgan fingerprint density at radius 3 is 2.53 bits per heavy atom. The second-order valence-electron chi connectivity index (χ2n) is 4.72. The highest BCUT2D eigenvalue weighted by Gasteiger charge is 2.15. The van der Waals surface area contributed by atoms with E-state index in [1.807, 2.05) is 0 Å². The van der Waals surface area contributed by atoms with Gasteiger partial charge in [0.25, 0.3) is 0 Å². The number of unbranched alkanes of at least 4 members (excludes halogenated alkanes) is 1. The molecular formula is C14H19Cl3OS. The molecule has 0 saturated carbocycles. The summed E-state index contributed by atoms with van der Waals surface area (Å²) in [6.07, 6.45) is 4.89. The number of benzene rings is 1. The molecule has 1 nitrogen and oxygen atoms in total. The van der Waals surface area contributed by atoms with Crippen LogP contribution in [-0.4, -0.2) is 10.9 Å². The Morgan fingerprint density at radius 2 is 1.89 bits per heavy atom. The third-order valence-electron chi connectivity index (χ3n) is 3.00. The molecule has 0 aliphatic rings. The fourth-order valence-corrected chi connectivity index (χ4v) is 3.88. The molecule has 1 aromatic carbocycles. The predicted octanol–water partition coefficient (Wildman–Crippen LogP) is 6.66. The molecule has 0 saturated heterocycles. The lowest BCUT2D eigenvalue weighted by molar-refractivity contribution is 0.475. The lowest BCUT2D eigenvalue weighted by atomic mass is 10.0. The summed E-state index contributed by atoms with van der Waals surface area (Å²) >= 11 is 19.7. The zero-order valence-corrected chi connectivity index (χ0v) is 14.3. The van der Waals surface area contributed by atoms with Gasteiger partial charge in [-0.3, -0.25) is 0 Å². The number of phenols is 1. The predicted molar refractivity (Wildman–Crippen MR) is 87.2 cm³/mol. The SMILES string of the molecule is CCCCC(C)CCSc1c(Cl)cc(O)c(Cl)c1Cl. The zero-order valence-electron chi connectivity index (χ0n) is 11.2. The highest BCUT2D eigenvalue weighted by molar-refractivity contribution is 7.99. The van der Waals surface area contributed by atoms with Crippen molar-refractivity contribution in [2.24, 2.45) is 5.92 Å². The first-order valence-corrected chi connectivity index (χ1v) is 8.58. The smallest absolute Gasteiger partial charge is 0.137 e. The maximum atomic E-state index is 9.51. The lowest BCUT2D eigenvalue weighted by Crippen LogP contribution is -1.96. The fourth-order valence-electron chi connectivity index (χ4n) is 1.76. The molecule has 1 rings (SSSR count). The Balaban J connectivity index is 2.56. The van der Waals surface area contributed by atoms with Crippen LogP contribution in [0.4, 0.5) is 0 Å². The second-order valence-corrected chi connectivity index (χ2v) is 6.99. The number of rotatable bonds is 7. The van der Waals surface area contributed by atoms with Crippen molar-refractivity contribution >= 4 is 46.6 Å². The van der Waals surface area contributed by atoms with Crippen LogP contribution in [0.1, 0.15) is 39.5 Å². The van der Waals surface area contributed by atoms with Crippen LogP contribution in [0, 0.1) is 5.92 Å². The van der Waals surface area contributed by atoms with Gasteiger partial charge in [0.05, 0.1) is 10.0 Å². The van der Waals surface area contributed by atoms with E-state index in [4.69, 9.17) is 34.8 Å². The quantitative estimate of drug-likeness (QED) is 0.442. The number of hydrogen-bond donors (Lipinski definition) is 1. The molecule has 0 spiro atoms. The van der Waals surface area contributed by atoms with E-state index in [9.17, 15) is 5.11 Å². The molecule has 108 valence electrons. The van der Waals surface area contributed by atoms with Crippen molar-refractivity contribution in [3.05, 3.63) is 21.1 Å². The maximum absolute atomic E-state index is 9.51. The van der Waals surface area contributed by atoms with E-state index in [1.54, 1.807) is 11.8 Å². The Morgan fingerprint density at radius 1 is 1.21 bits per heavy atom. The molecule has 19 heavy (non-hydrogen) atoms. The van der Waals surface area contributed by atoms with Gasteiger partial charge < -0.3 is 5.11 Å². The monoisotopic (exact) mass is 340 g/mol. The van der Waals surface area contributed by atoms with Crippen LogP contribution >= 0.6 is 46.6 Å². The van der Waals surface area contributed by atoms with Crippen LogP contribution in [-0.2, 0) is 0 Å². The molecule has 0 heterocycles. The molecule has 0 fully saturated rings. The third-order valence-corrected chi connectivity index (χ3v) is 5.54. The summed E-state index contributed by atoms with van der Waals surface area (Å²) in [5.74, 6) is 1.58. The average molecular weight is 342 g/mol. The number of hydrogen-bond acceptors (Lipinski definition) is 2. The van der Waals surface area contributed by atoms with E-state index < -0.39 is 0 Å². The molecule has 1 N–H and O–H groups in total. The van der Waals surface area contributed by atoms with E-state index in [2.05, 4.69) is 13.8 Å². The van der Waals surface area contributed by atoms with Crippen LogP contribution in [0.3, 0.4) is 0 Å². The van der Waals surface area contributed by atoms with E-state index in [0.29, 0.717) is 16.0 Å². The number of phenolic OH excluding ortho intramolecular Hbond substituents is 1. The number of aromatic hydroxyl groups is 1. The molecule has 0 aromatic heterocycles. The van der Waals surface area contributed by atoms with Crippen molar-refractivity contribution in [1.82, 2.24) is 0 Å². The Hall–Kier alpha value is 0.240. The largest absolute Gasteiger partial charge is 0.506 e. The van der Waals surface area contributed by atoms with Crippen molar-refractivity contribution < 1.29 is 5.11 Å². The first-order chi connectivity index (χ1) is 8.97. The first kappa shape index (κ1) is 17.3. The minimum Gasteiger partial charge on any atom is -0.506 e. The maximum Gasteiger partial charge on any atom is 0.137 e. The average Bonchev–Trinajstić information content (AvgIpc) is 2.37. The second kappa shape index (κ2) is 8.51. The van der Waals surface area contributed by atoms with E-state index >= 15 is 0 Å². The molecule has 5 heteroatoms. The molecule has 1 atom stereocenters. The minimum absolute atomic E-state index is 0.0719. The van der Waals surface area contributed by atoms with Gasteiger partial charge in [-0.15, -0.1) is 11.8 Å². The van der Waals surface area contributed by atoms with Crippen molar-refractivity contribution in [2.75, 3.05) is 5.75 Å². The standard InChI is InChI=1S/C14H19Cl3OS/c1-3-4-5-9(2)6-7-19-14-10(15)8-11(18)12(16)13(14)17/h8-9,18H,3-7H2,1-2H3. The van der Waals surface area contributed by atoms with Gasteiger partial charge in [0.2, 0.25) is 0 Å². The highest BCUT2D eigenvalue weighted by Crippen LogP contribution is 2.43. The van der Waals surface area contributed by atoms with Crippen molar-refractivity contribution in [2.45, 2.75) is 44.4 Å². The molecule has 0 aliphatic heterocycles. The Labute approximate surface area is 134 Å². The molecule has 0 radical (unpaired) electrons. The molecule has 1 unspecified atom stereocenters. The van der Waals surface area contributed by atoms with Gasteiger partial charge in [0.15, 0.2) is 0 Å². The van der Waals surface area contributed by atoms with E-state index in [-0.39, 0.29) is 10.8 Å². The first-order valence-electron chi connectivity index (χ1n) is 6.46. The zero-order chi connectivity index (χ0) is 14.4. The van der Waals surface area contributed by atoms with Crippen molar-refractivity contribution in [1.29, 1.82) is 0 Å². The summed E-state index contributed by atoms with van der Waals surface area (Å²) < 4.78 is 0. The van der Waals surface area contributed by atoms with E-state index in [1.165, 1.54) is 25.3 Å². The fraction of sp³-hybridized carbons (Fsp3) is 0.571. The number of thioether (sulfide) groups is 1. The lowest BCUT2D eigenvalue weighted by Gasteiger charge is -2.12. The van der Waals surface area contributed by atoms with Gasteiger partial charge in [-0.2, -0.15) is 0 Å². The topological polar surface area (TPSA) is 20.2 Å². The summed E-state index contributed by atoms with van der Waals surface area (Å²) in [6, 6.07) is 1.44. The Kier molecular flexibility index (Phi) is 7.74. The van der Waals surface area contributed by atoms with Gasteiger partial charge in [0.1, 0.15) is 10.8 Å². The molecule has 0 amide bonds. The van der Waals surface area contributed by atoms with Crippen LogP contribution in [0.2, 0.25) is 15.1 Å².